The minimum atomic E-state index is -4.07. The van der Waals surface area contributed by atoms with Gasteiger partial charge >= 0.3 is 6.18 Å². The zero-order chi connectivity index (χ0) is 17.5. The van der Waals surface area contributed by atoms with Crippen molar-refractivity contribution in [3.05, 3.63) is 0 Å². The average Bonchev–Trinajstić information content (AvgIpc) is 2.40. The van der Waals surface area contributed by atoms with Crippen LogP contribution in [0.3, 0.4) is 0 Å². The van der Waals surface area contributed by atoms with E-state index in [0.717, 1.165) is 25.7 Å². The first-order chi connectivity index (χ1) is 10.2. The molecule has 0 rings (SSSR count). The lowest BCUT2D eigenvalue weighted by molar-refractivity contribution is -0.135. The summed E-state index contributed by atoms with van der Waals surface area (Å²) in [6, 6.07) is 0. The topological polar surface area (TPSA) is 55.4 Å². The van der Waals surface area contributed by atoms with Crippen LogP contribution in [0.4, 0.5) is 17.7 Å². The number of nitrogens with one attached hydrogen (secondary N) is 1. The van der Waals surface area contributed by atoms with Crippen molar-refractivity contribution in [3.63, 3.8) is 0 Å². The van der Waals surface area contributed by atoms with E-state index in [4.69, 9.17) is 0 Å². The van der Waals surface area contributed by atoms with Gasteiger partial charge in [-0.1, -0.05) is 42.9 Å². The second-order valence-corrected chi connectivity index (χ2v) is 6.67. The van der Waals surface area contributed by atoms with Gasteiger partial charge in [0.1, 0.15) is 0 Å². The molecule has 0 saturated heterocycles. The predicted molar refractivity (Wildman–Crippen MR) is 78.6 cm³/mol. The van der Waals surface area contributed by atoms with Gasteiger partial charge in [-0.25, -0.2) is 0 Å². The molecule has 0 unspecified atom stereocenters. The van der Waals surface area contributed by atoms with Crippen LogP contribution in [-0.4, -0.2) is 34.4 Å². The van der Waals surface area contributed by atoms with Crippen molar-refractivity contribution in [1.82, 2.24) is 5.32 Å². The zero-order valence-electron chi connectivity index (χ0n) is 13.2. The number of halogens is 4. The monoisotopic (exact) mass is 353 g/mol. The summed E-state index contributed by atoms with van der Waals surface area (Å²) in [6.45, 7) is 0. The van der Waals surface area contributed by atoms with Crippen molar-refractivity contribution in [2.75, 3.05) is 19.8 Å². The fourth-order valence-electron chi connectivity index (χ4n) is 1.70. The van der Waals surface area contributed by atoms with E-state index >= 15 is 0 Å². The van der Waals surface area contributed by atoms with Gasteiger partial charge in [0.05, 0.1) is 5.75 Å². The van der Waals surface area contributed by atoms with E-state index in [0.29, 0.717) is 19.3 Å². The van der Waals surface area contributed by atoms with Crippen LogP contribution >= 0.6 is 0 Å². The third kappa shape index (κ3) is 21.9. The van der Waals surface area contributed by atoms with Gasteiger partial charge in [-0.15, -0.1) is 0 Å². The molecule has 0 fully saturated rings. The number of alkyl halides is 3. The molecule has 0 aromatic rings. The maximum atomic E-state index is 11.8. The second kappa shape index (κ2) is 14.2. The first-order valence-electron chi connectivity index (χ1n) is 7.36. The Morgan fingerprint density at radius 2 is 1.23 bits per heavy atom. The summed E-state index contributed by atoms with van der Waals surface area (Å²) in [5.41, 5.74) is 0. The molecule has 0 saturated carbocycles. The molecule has 0 radical (unpaired) electrons. The SMILES string of the molecule is CNC.O=S(=O)(CCCCCCCCCCC(F)(F)F)OF. The third-order valence-electron chi connectivity index (χ3n) is 2.70. The van der Waals surface area contributed by atoms with Crippen LogP contribution in [-0.2, 0) is 14.5 Å². The summed E-state index contributed by atoms with van der Waals surface area (Å²) < 4.78 is 70.9. The molecule has 1 N–H and O–H groups in total. The van der Waals surface area contributed by atoms with Crippen molar-refractivity contribution < 1.29 is 30.5 Å². The van der Waals surface area contributed by atoms with Crippen LogP contribution in [0.1, 0.15) is 57.8 Å². The summed E-state index contributed by atoms with van der Waals surface area (Å²) in [6.07, 6.45) is 0.137. The van der Waals surface area contributed by atoms with Gasteiger partial charge in [0.25, 0.3) is 10.1 Å². The zero-order valence-corrected chi connectivity index (χ0v) is 14.0. The molecule has 0 amide bonds. The number of hydrogen-bond donors (Lipinski definition) is 1. The molecule has 22 heavy (non-hydrogen) atoms. The fraction of sp³-hybridized carbons (Fsp3) is 1.00. The summed E-state index contributed by atoms with van der Waals surface area (Å²) in [5, 5.41) is 2.75. The Bertz CT molecular complexity index is 335. The molecule has 0 heterocycles. The largest absolute Gasteiger partial charge is 0.389 e. The molecule has 0 aromatic carbocycles. The Labute approximate surface area is 130 Å². The van der Waals surface area contributed by atoms with Crippen LogP contribution < -0.4 is 5.32 Å². The predicted octanol–water partition coefficient (Wildman–Crippen LogP) is 4.13. The van der Waals surface area contributed by atoms with Crippen molar-refractivity contribution in [2.24, 2.45) is 0 Å². The van der Waals surface area contributed by atoms with E-state index in [1.54, 1.807) is 0 Å². The van der Waals surface area contributed by atoms with Gasteiger partial charge < -0.3 is 5.32 Å². The normalized spacial score (nSPS) is 11.9. The number of rotatable bonds is 11. The molecule has 4 nitrogen and oxygen atoms in total. The highest BCUT2D eigenvalue weighted by Gasteiger charge is 2.25. The molecule has 136 valence electrons. The van der Waals surface area contributed by atoms with Crippen LogP contribution in [0.5, 0.6) is 0 Å². The molecular weight excluding hydrogens is 326 g/mol. The Hall–Kier alpha value is -0.410. The van der Waals surface area contributed by atoms with E-state index in [1.165, 1.54) is 0 Å². The maximum Gasteiger partial charge on any atom is 0.389 e. The minimum absolute atomic E-state index is 0.162. The van der Waals surface area contributed by atoms with E-state index in [2.05, 4.69) is 9.70 Å². The highest BCUT2D eigenvalue weighted by Crippen LogP contribution is 2.23. The maximum absolute atomic E-state index is 11.8. The van der Waals surface area contributed by atoms with E-state index < -0.39 is 22.7 Å². The Morgan fingerprint density at radius 3 is 1.59 bits per heavy atom. The summed E-state index contributed by atoms with van der Waals surface area (Å²) >= 11 is 0. The number of unbranched alkanes of at least 4 members (excludes halogenated alkanes) is 7. The minimum Gasteiger partial charge on any atom is -0.323 e. The van der Waals surface area contributed by atoms with Crippen molar-refractivity contribution in [1.29, 1.82) is 0 Å². The molecule has 0 spiro atoms. The summed E-state index contributed by atoms with van der Waals surface area (Å²) in [5.74, 6) is -0.338. The molecule has 0 aliphatic carbocycles. The van der Waals surface area contributed by atoms with Gasteiger partial charge in [0.2, 0.25) is 0 Å². The molecule has 9 heteroatoms. The van der Waals surface area contributed by atoms with E-state index in [9.17, 15) is 26.1 Å². The van der Waals surface area contributed by atoms with Gasteiger partial charge in [0, 0.05) is 6.42 Å². The molecule has 0 aromatic heterocycles. The van der Waals surface area contributed by atoms with E-state index in [-0.39, 0.29) is 12.2 Å². The first kappa shape index (κ1) is 23.9. The highest BCUT2D eigenvalue weighted by atomic mass is 32.2. The van der Waals surface area contributed by atoms with Crippen molar-refractivity contribution >= 4 is 10.1 Å². The Balaban J connectivity index is 0. The van der Waals surface area contributed by atoms with Crippen LogP contribution in [0.15, 0.2) is 0 Å². The standard InChI is InChI=1S/C11H20F4O3S.C2H7N/c12-11(13,14)9-7-5-3-1-2-4-6-8-10-19(16,17)18-15;1-3-2/h1-10H2;3H,1-2H3. The van der Waals surface area contributed by atoms with Gasteiger partial charge in [-0.05, 0) is 31.5 Å². The lowest BCUT2D eigenvalue weighted by Crippen LogP contribution is -2.06. The molecular formula is C13H27F4NO3S. The van der Waals surface area contributed by atoms with Gasteiger partial charge in [-0.2, -0.15) is 21.6 Å². The van der Waals surface area contributed by atoms with Crippen LogP contribution in [0.25, 0.3) is 0 Å². The Kier molecular flexibility index (Phi) is 15.4. The van der Waals surface area contributed by atoms with Crippen LogP contribution in [0, 0.1) is 0 Å². The smallest absolute Gasteiger partial charge is 0.323 e. The molecule has 0 aliphatic heterocycles. The third-order valence-corrected chi connectivity index (χ3v) is 3.68. The molecule has 0 aliphatic rings. The quantitative estimate of drug-likeness (QED) is 0.448. The summed E-state index contributed by atoms with van der Waals surface area (Å²) in [4.78, 5) is 0. The lowest BCUT2D eigenvalue weighted by atomic mass is 10.1. The van der Waals surface area contributed by atoms with Crippen molar-refractivity contribution in [2.45, 2.75) is 64.0 Å². The lowest BCUT2D eigenvalue weighted by Gasteiger charge is -2.05. The highest BCUT2D eigenvalue weighted by molar-refractivity contribution is 7.86. The average molecular weight is 353 g/mol. The van der Waals surface area contributed by atoms with Crippen LogP contribution in [0.2, 0.25) is 0 Å². The second-order valence-electron chi connectivity index (χ2n) is 5.02. The van der Waals surface area contributed by atoms with E-state index in [1.807, 2.05) is 14.1 Å². The molecule has 0 atom stereocenters. The fourth-order valence-corrected chi connectivity index (χ4v) is 2.32. The molecule has 0 bridgehead atoms. The summed E-state index contributed by atoms with van der Waals surface area (Å²) in [7, 11) is -0.261. The van der Waals surface area contributed by atoms with Crippen molar-refractivity contribution in [3.8, 4) is 0 Å². The van der Waals surface area contributed by atoms with Gasteiger partial charge in [0.15, 0.2) is 0 Å². The van der Waals surface area contributed by atoms with Gasteiger partial charge in [-0.3, -0.25) is 0 Å². The Morgan fingerprint density at radius 1 is 0.864 bits per heavy atom. The number of hydrogen-bond acceptors (Lipinski definition) is 4. The first-order valence-corrected chi connectivity index (χ1v) is 8.94.